The zero-order chi connectivity index (χ0) is 17.8. The number of nitrogens with zero attached hydrogens (tertiary/aromatic N) is 3. The first-order valence-electron chi connectivity index (χ1n) is 9.83. The van der Waals surface area contributed by atoms with E-state index in [0.717, 1.165) is 63.8 Å². The van der Waals surface area contributed by atoms with Gasteiger partial charge in [0, 0.05) is 50.9 Å². The maximum absolute atomic E-state index is 6.24. The smallest absolute Gasteiger partial charge is 0.118 e. The predicted molar refractivity (Wildman–Crippen MR) is 101 cm³/mol. The summed E-state index contributed by atoms with van der Waals surface area (Å²) in [6, 6.07) is 8.44. The molecule has 0 aliphatic carbocycles. The molecule has 2 aromatic heterocycles. The fraction of sp³-hybridized carbons (Fsp3) is 0.571. The van der Waals surface area contributed by atoms with Crippen LogP contribution in [0.3, 0.4) is 0 Å². The molecule has 2 aliphatic heterocycles. The van der Waals surface area contributed by atoms with E-state index in [1.54, 1.807) is 0 Å². The van der Waals surface area contributed by atoms with Crippen molar-refractivity contribution in [2.24, 2.45) is 5.92 Å². The van der Waals surface area contributed by atoms with Gasteiger partial charge in [-0.1, -0.05) is 6.92 Å². The summed E-state index contributed by atoms with van der Waals surface area (Å²) in [6.07, 6.45) is 6.25. The van der Waals surface area contributed by atoms with Crippen molar-refractivity contribution in [3.63, 3.8) is 0 Å². The molecule has 2 atom stereocenters. The molecule has 0 unspecified atom stereocenters. The van der Waals surface area contributed by atoms with Gasteiger partial charge in [-0.05, 0) is 42.8 Å². The maximum atomic E-state index is 6.24. The molecule has 2 saturated heterocycles. The van der Waals surface area contributed by atoms with E-state index in [1.807, 2.05) is 12.4 Å². The number of hydrogen-bond acceptors (Lipinski definition) is 5. The molecule has 140 valence electrons. The molecular weight excluding hydrogens is 326 g/mol. The number of pyridine rings is 1. The summed E-state index contributed by atoms with van der Waals surface area (Å²) in [4.78, 5) is 9.14. The minimum absolute atomic E-state index is 0.340. The molecule has 5 nitrogen and oxygen atoms in total. The van der Waals surface area contributed by atoms with Gasteiger partial charge in [0.1, 0.15) is 11.5 Å². The standard InChI is InChI=1S/C21H29N3O2/c1-2-19-3-4-20(26-19)15-23-10-7-18-14-24(11-12-25-21(18)16-23)13-17-5-8-22-9-6-17/h3-6,8-9,18,21H,2,7,10-16H2,1H3/t18-,21-/m1/s1. The van der Waals surface area contributed by atoms with Crippen LogP contribution in [0.1, 0.15) is 30.4 Å². The summed E-state index contributed by atoms with van der Waals surface area (Å²) in [5.74, 6) is 2.78. The molecule has 4 heterocycles. The van der Waals surface area contributed by atoms with E-state index in [9.17, 15) is 0 Å². The third kappa shape index (κ3) is 4.34. The SMILES string of the molecule is CCc1ccc(CN2CC[C@@H]3CN(Cc4ccncc4)CCO[C@@H]3C2)o1. The number of rotatable bonds is 5. The van der Waals surface area contributed by atoms with Crippen LogP contribution in [0.25, 0.3) is 0 Å². The summed E-state index contributed by atoms with van der Waals surface area (Å²) in [5, 5.41) is 0. The summed E-state index contributed by atoms with van der Waals surface area (Å²) in [6.45, 7) is 9.10. The van der Waals surface area contributed by atoms with Gasteiger partial charge in [0.25, 0.3) is 0 Å². The van der Waals surface area contributed by atoms with Crippen molar-refractivity contribution in [3.8, 4) is 0 Å². The highest BCUT2D eigenvalue weighted by Gasteiger charge is 2.33. The molecule has 4 rings (SSSR count). The Bertz CT molecular complexity index is 688. The lowest BCUT2D eigenvalue weighted by molar-refractivity contribution is -0.0256. The van der Waals surface area contributed by atoms with Crippen molar-refractivity contribution < 1.29 is 9.15 Å². The van der Waals surface area contributed by atoms with Crippen LogP contribution in [-0.2, 0) is 24.2 Å². The Morgan fingerprint density at radius 2 is 1.81 bits per heavy atom. The topological polar surface area (TPSA) is 41.7 Å². The first-order valence-corrected chi connectivity index (χ1v) is 9.83. The third-order valence-corrected chi connectivity index (χ3v) is 5.61. The van der Waals surface area contributed by atoms with Crippen molar-refractivity contribution in [2.75, 3.05) is 32.8 Å². The minimum Gasteiger partial charge on any atom is -0.465 e. The summed E-state index contributed by atoms with van der Waals surface area (Å²) >= 11 is 0. The zero-order valence-electron chi connectivity index (χ0n) is 15.6. The molecule has 2 aliphatic rings. The van der Waals surface area contributed by atoms with E-state index in [0.29, 0.717) is 12.0 Å². The lowest BCUT2D eigenvalue weighted by Gasteiger charge is -2.37. The van der Waals surface area contributed by atoms with E-state index in [-0.39, 0.29) is 0 Å². The second-order valence-corrected chi connectivity index (χ2v) is 7.51. The van der Waals surface area contributed by atoms with Crippen LogP contribution in [0.2, 0.25) is 0 Å². The van der Waals surface area contributed by atoms with Gasteiger partial charge in [0.05, 0.1) is 19.3 Å². The Labute approximate surface area is 156 Å². The Morgan fingerprint density at radius 1 is 1.00 bits per heavy atom. The van der Waals surface area contributed by atoms with Crippen LogP contribution in [0.4, 0.5) is 0 Å². The van der Waals surface area contributed by atoms with E-state index in [1.165, 1.54) is 12.0 Å². The molecule has 0 spiro atoms. The largest absolute Gasteiger partial charge is 0.465 e. The number of fused-ring (bicyclic) bond motifs is 1. The third-order valence-electron chi connectivity index (χ3n) is 5.61. The average Bonchev–Trinajstić information content (AvgIpc) is 3.02. The van der Waals surface area contributed by atoms with Crippen LogP contribution in [0.15, 0.2) is 41.1 Å². The highest BCUT2D eigenvalue weighted by molar-refractivity contribution is 5.10. The molecule has 0 saturated carbocycles. The Kier molecular flexibility index (Phi) is 5.68. The van der Waals surface area contributed by atoms with Crippen molar-refractivity contribution in [1.29, 1.82) is 0 Å². The molecule has 5 heteroatoms. The van der Waals surface area contributed by atoms with Crippen molar-refractivity contribution in [2.45, 2.75) is 39.0 Å². The maximum Gasteiger partial charge on any atom is 0.118 e. The van der Waals surface area contributed by atoms with Crippen LogP contribution >= 0.6 is 0 Å². The molecule has 0 amide bonds. The van der Waals surface area contributed by atoms with Crippen LogP contribution < -0.4 is 0 Å². The summed E-state index contributed by atoms with van der Waals surface area (Å²) in [5.41, 5.74) is 1.33. The van der Waals surface area contributed by atoms with Gasteiger partial charge < -0.3 is 9.15 Å². The number of aryl methyl sites for hydroxylation is 1. The van der Waals surface area contributed by atoms with Gasteiger partial charge in [-0.15, -0.1) is 0 Å². The fourth-order valence-electron chi connectivity index (χ4n) is 4.13. The van der Waals surface area contributed by atoms with Crippen LogP contribution in [-0.4, -0.2) is 53.7 Å². The molecule has 26 heavy (non-hydrogen) atoms. The predicted octanol–water partition coefficient (Wildman–Crippen LogP) is 2.96. The van der Waals surface area contributed by atoms with Crippen molar-refractivity contribution >= 4 is 0 Å². The van der Waals surface area contributed by atoms with E-state index in [4.69, 9.17) is 9.15 Å². The number of hydrogen-bond donors (Lipinski definition) is 0. The van der Waals surface area contributed by atoms with Gasteiger partial charge in [0.2, 0.25) is 0 Å². The number of piperidine rings is 1. The van der Waals surface area contributed by atoms with Gasteiger partial charge in [-0.25, -0.2) is 0 Å². The minimum atomic E-state index is 0.340. The Hall–Kier alpha value is -1.69. The van der Waals surface area contributed by atoms with Gasteiger partial charge in [-0.2, -0.15) is 0 Å². The van der Waals surface area contributed by atoms with Crippen molar-refractivity contribution in [3.05, 3.63) is 53.7 Å². The highest BCUT2D eigenvalue weighted by Crippen LogP contribution is 2.26. The second kappa shape index (κ2) is 8.33. The number of furan rings is 1. The molecular formula is C21H29N3O2. The van der Waals surface area contributed by atoms with E-state index in [2.05, 4.69) is 46.0 Å². The first-order chi connectivity index (χ1) is 12.8. The molecule has 0 radical (unpaired) electrons. The normalized spacial score (nSPS) is 25.0. The number of aromatic nitrogens is 1. The second-order valence-electron chi connectivity index (χ2n) is 7.51. The van der Waals surface area contributed by atoms with Crippen molar-refractivity contribution in [1.82, 2.24) is 14.8 Å². The van der Waals surface area contributed by atoms with E-state index >= 15 is 0 Å². The zero-order valence-corrected chi connectivity index (χ0v) is 15.6. The summed E-state index contributed by atoms with van der Waals surface area (Å²) < 4.78 is 12.1. The molecule has 2 aromatic rings. The number of likely N-dealkylation sites (tertiary alicyclic amines) is 1. The average molecular weight is 355 g/mol. The van der Waals surface area contributed by atoms with Gasteiger partial charge in [-0.3, -0.25) is 14.8 Å². The van der Waals surface area contributed by atoms with Gasteiger partial charge >= 0.3 is 0 Å². The molecule has 2 fully saturated rings. The van der Waals surface area contributed by atoms with Gasteiger partial charge in [0.15, 0.2) is 0 Å². The quantitative estimate of drug-likeness (QED) is 0.825. The summed E-state index contributed by atoms with van der Waals surface area (Å²) in [7, 11) is 0. The fourth-order valence-corrected chi connectivity index (χ4v) is 4.13. The molecule has 0 N–H and O–H groups in total. The highest BCUT2D eigenvalue weighted by atomic mass is 16.5. The number of ether oxygens (including phenoxy) is 1. The first kappa shape index (κ1) is 17.7. The Morgan fingerprint density at radius 3 is 2.62 bits per heavy atom. The lowest BCUT2D eigenvalue weighted by atomic mass is 9.93. The van der Waals surface area contributed by atoms with Crippen LogP contribution in [0, 0.1) is 5.92 Å². The Balaban J connectivity index is 1.32. The van der Waals surface area contributed by atoms with E-state index < -0.39 is 0 Å². The monoisotopic (exact) mass is 355 g/mol. The lowest BCUT2D eigenvalue weighted by Crippen LogP contribution is -2.46. The molecule has 0 aromatic carbocycles. The molecule has 0 bridgehead atoms. The van der Waals surface area contributed by atoms with Crippen LogP contribution in [0.5, 0.6) is 0 Å².